The summed E-state index contributed by atoms with van der Waals surface area (Å²) in [6, 6.07) is 5.29. The summed E-state index contributed by atoms with van der Waals surface area (Å²) >= 11 is 0. The number of rotatable bonds is 2. The number of H-pyrrole nitrogens is 1. The summed E-state index contributed by atoms with van der Waals surface area (Å²) in [6.07, 6.45) is 3.51. The molecule has 0 unspecified atom stereocenters. The van der Waals surface area contributed by atoms with Gasteiger partial charge in [-0.2, -0.15) is 0 Å². The Morgan fingerprint density at radius 3 is 2.86 bits per heavy atom. The first-order valence-corrected chi connectivity index (χ1v) is 4.22. The maximum Gasteiger partial charge on any atom is 0.337 e. The average molecular weight is 190 g/mol. The number of hydrogen-bond donors (Lipinski definition) is 2. The highest BCUT2D eigenvalue weighted by molar-refractivity contribution is 5.94. The minimum Gasteiger partial charge on any atom is -0.478 e. The molecule has 0 aliphatic carbocycles. The molecule has 0 saturated carbocycles. The Labute approximate surface area is 80.8 Å². The van der Waals surface area contributed by atoms with Gasteiger partial charge in [-0.3, -0.25) is 0 Å². The first-order valence-electron chi connectivity index (χ1n) is 4.22. The molecule has 2 aromatic rings. The quantitative estimate of drug-likeness (QED) is 0.757. The highest BCUT2D eigenvalue weighted by Crippen LogP contribution is 2.22. The first-order chi connectivity index (χ1) is 6.70. The molecule has 2 heterocycles. The van der Waals surface area contributed by atoms with Crippen molar-refractivity contribution in [1.82, 2.24) is 9.55 Å². The number of carboxylic acid groups (broad SMARTS) is 1. The molecule has 72 valence electrons. The van der Waals surface area contributed by atoms with E-state index in [1.165, 1.54) is 0 Å². The largest absolute Gasteiger partial charge is 0.478 e. The van der Waals surface area contributed by atoms with Gasteiger partial charge in [0.15, 0.2) is 0 Å². The van der Waals surface area contributed by atoms with Gasteiger partial charge >= 0.3 is 5.97 Å². The summed E-state index contributed by atoms with van der Waals surface area (Å²) in [4.78, 5) is 13.9. The zero-order valence-corrected chi connectivity index (χ0v) is 7.69. The molecule has 2 aromatic heterocycles. The summed E-state index contributed by atoms with van der Waals surface area (Å²) in [5.41, 5.74) is 1.83. The molecule has 0 bridgehead atoms. The number of nitrogens with zero attached hydrogens (tertiary/aromatic N) is 1. The molecular weight excluding hydrogens is 180 g/mol. The lowest BCUT2D eigenvalue weighted by molar-refractivity contribution is 0.0698. The third-order valence-electron chi connectivity index (χ3n) is 2.16. The van der Waals surface area contributed by atoms with Gasteiger partial charge in [0.25, 0.3) is 0 Å². The second kappa shape index (κ2) is 3.06. The number of aryl methyl sites for hydroxylation is 1. The summed E-state index contributed by atoms with van der Waals surface area (Å²) in [5.74, 6) is -0.907. The molecule has 0 atom stereocenters. The van der Waals surface area contributed by atoms with Gasteiger partial charge in [0.1, 0.15) is 0 Å². The lowest BCUT2D eigenvalue weighted by atomic mass is 10.2. The van der Waals surface area contributed by atoms with Gasteiger partial charge in [-0.1, -0.05) is 0 Å². The fourth-order valence-electron chi connectivity index (χ4n) is 1.52. The Kier molecular flexibility index (Phi) is 1.89. The van der Waals surface area contributed by atoms with Gasteiger partial charge in [-0.25, -0.2) is 4.79 Å². The van der Waals surface area contributed by atoms with E-state index in [0.717, 1.165) is 5.69 Å². The van der Waals surface area contributed by atoms with Gasteiger partial charge < -0.3 is 14.7 Å². The van der Waals surface area contributed by atoms with Crippen LogP contribution in [0.1, 0.15) is 10.4 Å². The predicted octanol–water partition coefficient (Wildman–Crippen LogP) is 1.72. The number of aromatic amines is 1. The molecule has 4 nitrogen and oxygen atoms in total. The van der Waals surface area contributed by atoms with Gasteiger partial charge in [0.2, 0.25) is 0 Å². The molecule has 2 rings (SSSR count). The van der Waals surface area contributed by atoms with E-state index >= 15 is 0 Å². The Morgan fingerprint density at radius 2 is 2.29 bits per heavy atom. The van der Waals surface area contributed by atoms with Crippen LogP contribution in [0.2, 0.25) is 0 Å². The van der Waals surface area contributed by atoms with Crippen molar-refractivity contribution in [3.8, 4) is 11.4 Å². The van der Waals surface area contributed by atoms with Crippen molar-refractivity contribution in [2.24, 2.45) is 7.05 Å². The van der Waals surface area contributed by atoms with Crippen molar-refractivity contribution < 1.29 is 9.90 Å². The predicted molar refractivity (Wildman–Crippen MR) is 52.2 cm³/mol. The van der Waals surface area contributed by atoms with Crippen LogP contribution < -0.4 is 0 Å². The van der Waals surface area contributed by atoms with Crippen LogP contribution in [0.4, 0.5) is 0 Å². The van der Waals surface area contributed by atoms with Crippen LogP contribution in [-0.4, -0.2) is 20.6 Å². The second-order valence-electron chi connectivity index (χ2n) is 3.08. The maximum atomic E-state index is 10.9. The summed E-state index contributed by atoms with van der Waals surface area (Å²) < 4.78 is 1.79. The topological polar surface area (TPSA) is 58.0 Å². The van der Waals surface area contributed by atoms with E-state index < -0.39 is 5.97 Å². The Bertz CT molecular complexity index is 454. The van der Waals surface area contributed by atoms with Crippen molar-refractivity contribution in [3.05, 3.63) is 36.2 Å². The van der Waals surface area contributed by atoms with Gasteiger partial charge in [-0.05, 0) is 18.2 Å². The minimum atomic E-state index is -0.907. The molecule has 0 aromatic carbocycles. The van der Waals surface area contributed by atoms with Gasteiger partial charge in [0, 0.05) is 19.4 Å². The standard InChI is InChI=1S/C10H10N2O2/c1-12-6-4-7(10(13)14)9(12)8-3-2-5-11-8/h2-6,11H,1H3,(H,13,14). The van der Waals surface area contributed by atoms with Gasteiger partial charge in [0.05, 0.1) is 17.0 Å². The van der Waals surface area contributed by atoms with Crippen molar-refractivity contribution in [3.63, 3.8) is 0 Å². The molecule has 0 aliphatic heterocycles. The van der Waals surface area contributed by atoms with E-state index in [1.807, 2.05) is 19.2 Å². The Morgan fingerprint density at radius 1 is 1.50 bits per heavy atom. The summed E-state index contributed by atoms with van der Waals surface area (Å²) in [5, 5.41) is 8.95. The van der Waals surface area contributed by atoms with Crippen molar-refractivity contribution in [1.29, 1.82) is 0 Å². The smallest absolute Gasteiger partial charge is 0.337 e. The average Bonchev–Trinajstić information content (AvgIpc) is 2.71. The molecule has 2 N–H and O–H groups in total. The molecule has 14 heavy (non-hydrogen) atoms. The van der Waals surface area contributed by atoms with Crippen molar-refractivity contribution >= 4 is 5.97 Å². The number of hydrogen-bond acceptors (Lipinski definition) is 1. The second-order valence-corrected chi connectivity index (χ2v) is 3.08. The molecule has 0 saturated heterocycles. The fourth-order valence-corrected chi connectivity index (χ4v) is 1.52. The number of aromatic carboxylic acids is 1. The van der Waals surface area contributed by atoms with Gasteiger partial charge in [-0.15, -0.1) is 0 Å². The third-order valence-corrected chi connectivity index (χ3v) is 2.16. The summed E-state index contributed by atoms with van der Waals surface area (Å²) in [6.45, 7) is 0. The van der Waals surface area contributed by atoms with Crippen LogP contribution in [0.3, 0.4) is 0 Å². The molecule has 0 spiro atoms. The molecule has 0 radical (unpaired) electrons. The SMILES string of the molecule is Cn1ccc(C(=O)O)c1-c1ccc[nH]1. The van der Waals surface area contributed by atoms with E-state index in [-0.39, 0.29) is 0 Å². The minimum absolute atomic E-state index is 0.315. The normalized spacial score (nSPS) is 10.4. The zero-order valence-electron chi connectivity index (χ0n) is 7.69. The number of carbonyl (C=O) groups is 1. The molecule has 4 heteroatoms. The van der Waals surface area contributed by atoms with Crippen LogP contribution in [-0.2, 0) is 7.05 Å². The lowest BCUT2D eigenvalue weighted by Gasteiger charge is -2.02. The maximum absolute atomic E-state index is 10.9. The Balaban J connectivity index is 2.62. The van der Waals surface area contributed by atoms with E-state index in [2.05, 4.69) is 4.98 Å². The Hall–Kier alpha value is -1.97. The number of carboxylic acids is 1. The van der Waals surface area contributed by atoms with Crippen molar-refractivity contribution in [2.45, 2.75) is 0 Å². The molecule has 0 aliphatic rings. The van der Waals surface area contributed by atoms with Crippen LogP contribution >= 0.6 is 0 Å². The highest BCUT2D eigenvalue weighted by atomic mass is 16.4. The monoisotopic (exact) mass is 190 g/mol. The van der Waals surface area contributed by atoms with Crippen LogP contribution in [0.25, 0.3) is 11.4 Å². The van der Waals surface area contributed by atoms with E-state index in [9.17, 15) is 4.79 Å². The first kappa shape index (κ1) is 8.62. The van der Waals surface area contributed by atoms with Crippen LogP contribution in [0.5, 0.6) is 0 Å². The van der Waals surface area contributed by atoms with E-state index in [1.54, 1.807) is 23.0 Å². The lowest BCUT2D eigenvalue weighted by Crippen LogP contribution is -1.99. The van der Waals surface area contributed by atoms with Crippen LogP contribution in [0, 0.1) is 0 Å². The number of nitrogens with one attached hydrogen (secondary N) is 1. The third kappa shape index (κ3) is 1.21. The molecule has 0 fully saturated rings. The van der Waals surface area contributed by atoms with Crippen LogP contribution in [0.15, 0.2) is 30.6 Å². The number of aromatic nitrogens is 2. The zero-order chi connectivity index (χ0) is 10.1. The molecular formula is C10H10N2O2. The van der Waals surface area contributed by atoms with Crippen molar-refractivity contribution in [2.75, 3.05) is 0 Å². The summed E-state index contributed by atoms with van der Waals surface area (Å²) in [7, 11) is 1.82. The highest BCUT2D eigenvalue weighted by Gasteiger charge is 2.15. The van der Waals surface area contributed by atoms with E-state index in [0.29, 0.717) is 11.3 Å². The fraction of sp³-hybridized carbons (Fsp3) is 0.100. The van der Waals surface area contributed by atoms with E-state index in [4.69, 9.17) is 5.11 Å². The molecule has 0 amide bonds.